The Kier molecular flexibility index (Phi) is 5.48. The molecule has 0 bridgehead atoms. The van der Waals surface area contributed by atoms with E-state index in [4.69, 9.17) is 0 Å². The molecule has 152 valence electrons. The van der Waals surface area contributed by atoms with Gasteiger partial charge in [0.05, 0.1) is 9.80 Å². The van der Waals surface area contributed by atoms with E-state index in [1.54, 1.807) is 23.1 Å². The number of carbonyl (C=O) groups excluding carboxylic acids is 2. The molecular formula is C20H22N4O4S. The number of rotatable bonds is 4. The molecule has 1 atom stereocenters. The number of carbonyl (C=O) groups is 2. The maximum absolute atomic E-state index is 13.1. The van der Waals surface area contributed by atoms with Crippen LogP contribution in [0.3, 0.4) is 0 Å². The van der Waals surface area contributed by atoms with Crippen molar-refractivity contribution in [1.29, 1.82) is 0 Å². The molecule has 8 nitrogen and oxygen atoms in total. The normalized spacial score (nSPS) is 19.4. The topological polar surface area (TPSA) is 87.0 Å². The molecule has 0 radical (unpaired) electrons. The van der Waals surface area contributed by atoms with Gasteiger partial charge in [-0.1, -0.05) is 6.07 Å². The molecule has 0 saturated carbocycles. The number of amides is 2. The van der Waals surface area contributed by atoms with Crippen LogP contribution in [0.5, 0.6) is 0 Å². The Morgan fingerprint density at radius 1 is 1.03 bits per heavy atom. The first-order chi connectivity index (χ1) is 14.0. The van der Waals surface area contributed by atoms with Gasteiger partial charge in [-0.3, -0.25) is 19.7 Å². The fourth-order valence-corrected chi connectivity index (χ4v) is 4.67. The van der Waals surface area contributed by atoms with Crippen molar-refractivity contribution in [2.24, 2.45) is 0 Å². The molecule has 1 aromatic heterocycles. The lowest BCUT2D eigenvalue weighted by Crippen LogP contribution is -2.54. The lowest BCUT2D eigenvalue weighted by molar-refractivity contribution is -0.384. The van der Waals surface area contributed by atoms with E-state index in [0.29, 0.717) is 44.0 Å². The minimum atomic E-state index is -0.411. The van der Waals surface area contributed by atoms with Crippen LogP contribution in [0.2, 0.25) is 0 Å². The lowest BCUT2D eigenvalue weighted by Gasteiger charge is -2.38. The molecular weight excluding hydrogens is 392 g/mol. The average Bonchev–Trinajstić information content (AvgIpc) is 3.45. The Labute approximate surface area is 172 Å². The van der Waals surface area contributed by atoms with Gasteiger partial charge in [0.2, 0.25) is 5.91 Å². The third kappa shape index (κ3) is 3.95. The second-order valence-corrected chi connectivity index (χ2v) is 8.17. The van der Waals surface area contributed by atoms with Gasteiger partial charge in [-0.25, -0.2) is 0 Å². The summed E-state index contributed by atoms with van der Waals surface area (Å²) in [5.41, 5.74) is 0.984. The quantitative estimate of drug-likeness (QED) is 0.567. The highest BCUT2D eigenvalue weighted by Crippen LogP contribution is 2.25. The summed E-state index contributed by atoms with van der Waals surface area (Å²) in [6.07, 6.45) is 1.55. The van der Waals surface area contributed by atoms with Crippen LogP contribution in [-0.4, -0.2) is 65.3 Å². The molecule has 2 amide bonds. The predicted molar refractivity (Wildman–Crippen MR) is 110 cm³/mol. The number of benzene rings is 1. The number of hydrogen-bond donors (Lipinski definition) is 0. The number of piperazine rings is 1. The molecule has 2 aliphatic heterocycles. The fraction of sp³-hybridized carbons (Fsp3) is 0.400. The van der Waals surface area contributed by atoms with Gasteiger partial charge in [-0.2, -0.15) is 0 Å². The molecule has 29 heavy (non-hydrogen) atoms. The molecule has 3 heterocycles. The minimum Gasteiger partial charge on any atom is -0.368 e. The Balaban J connectivity index is 1.37. The van der Waals surface area contributed by atoms with E-state index in [-0.39, 0.29) is 23.5 Å². The van der Waals surface area contributed by atoms with E-state index >= 15 is 0 Å². The summed E-state index contributed by atoms with van der Waals surface area (Å²) >= 11 is 1.40. The van der Waals surface area contributed by atoms with Crippen LogP contribution in [0.4, 0.5) is 11.4 Å². The highest BCUT2D eigenvalue weighted by molar-refractivity contribution is 7.12. The van der Waals surface area contributed by atoms with E-state index in [1.165, 1.54) is 23.5 Å². The maximum Gasteiger partial charge on any atom is 0.269 e. The first-order valence-corrected chi connectivity index (χ1v) is 10.6. The summed E-state index contributed by atoms with van der Waals surface area (Å²) in [6, 6.07) is 9.76. The van der Waals surface area contributed by atoms with Gasteiger partial charge < -0.3 is 14.7 Å². The van der Waals surface area contributed by atoms with Crippen molar-refractivity contribution in [3.05, 3.63) is 56.8 Å². The molecule has 1 aromatic carbocycles. The van der Waals surface area contributed by atoms with E-state index in [2.05, 4.69) is 4.90 Å². The van der Waals surface area contributed by atoms with Crippen molar-refractivity contribution in [3.8, 4) is 0 Å². The first kappa shape index (κ1) is 19.4. The number of nitro groups is 1. The van der Waals surface area contributed by atoms with Crippen molar-refractivity contribution >= 4 is 34.5 Å². The second kappa shape index (κ2) is 8.20. The number of non-ortho nitro benzene ring substituents is 1. The summed E-state index contributed by atoms with van der Waals surface area (Å²) in [6.45, 7) is 3.10. The lowest BCUT2D eigenvalue weighted by atomic mass is 10.1. The number of anilines is 1. The highest BCUT2D eigenvalue weighted by atomic mass is 32.1. The molecule has 4 rings (SSSR count). The van der Waals surface area contributed by atoms with Crippen molar-refractivity contribution in [1.82, 2.24) is 9.80 Å². The van der Waals surface area contributed by atoms with Gasteiger partial charge in [0.25, 0.3) is 11.6 Å². The zero-order valence-corrected chi connectivity index (χ0v) is 16.7. The van der Waals surface area contributed by atoms with Crippen LogP contribution in [-0.2, 0) is 4.79 Å². The molecule has 0 spiro atoms. The molecule has 2 aromatic rings. The van der Waals surface area contributed by atoms with Crippen LogP contribution < -0.4 is 4.90 Å². The maximum atomic E-state index is 13.1. The number of likely N-dealkylation sites (tertiary alicyclic amines) is 1. The van der Waals surface area contributed by atoms with Crippen molar-refractivity contribution in [2.45, 2.75) is 18.9 Å². The Morgan fingerprint density at radius 3 is 2.38 bits per heavy atom. The number of hydrogen-bond acceptors (Lipinski definition) is 6. The molecule has 2 aliphatic rings. The van der Waals surface area contributed by atoms with Gasteiger partial charge in [-0.15, -0.1) is 11.3 Å². The van der Waals surface area contributed by atoms with Gasteiger partial charge in [-0.05, 0) is 36.4 Å². The monoisotopic (exact) mass is 414 g/mol. The molecule has 0 aliphatic carbocycles. The van der Waals surface area contributed by atoms with Crippen LogP contribution in [0, 0.1) is 10.1 Å². The average molecular weight is 414 g/mol. The van der Waals surface area contributed by atoms with Gasteiger partial charge in [0, 0.05) is 50.5 Å². The van der Waals surface area contributed by atoms with Gasteiger partial charge in [0.1, 0.15) is 6.04 Å². The van der Waals surface area contributed by atoms with Gasteiger partial charge in [0.15, 0.2) is 0 Å². The largest absolute Gasteiger partial charge is 0.368 e. The highest BCUT2D eigenvalue weighted by Gasteiger charge is 2.38. The summed E-state index contributed by atoms with van der Waals surface area (Å²) < 4.78 is 0. The van der Waals surface area contributed by atoms with E-state index < -0.39 is 4.92 Å². The number of nitro benzene ring substituents is 1. The summed E-state index contributed by atoms with van der Waals surface area (Å²) in [7, 11) is 0. The van der Waals surface area contributed by atoms with Crippen molar-refractivity contribution in [2.75, 3.05) is 37.6 Å². The van der Waals surface area contributed by atoms with Crippen molar-refractivity contribution in [3.63, 3.8) is 0 Å². The number of nitrogens with zero attached hydrogens (tertiary/aromatic N) is 4. The summed E-state index contributed by atoms with van der Waals surface area (Å²) in [5.74, 6) is -0.0314. The molecule has 9 heteroatoms. The standard InChI is InChI=1S/C20H22N4O4S/c25-19(17-3-1-9-23(17)20(26)18-4-2-14-29-18)22-12-10-21(11-13-22)15-5-7-16(8-6-15)24(27)28/h2,4-8,14,17H,1,3,9-13H2. The molecule has 2 saturated heterocycles. The molecule has 2 fully saturated rings. The van der Waals surface area contributed by atoms with Crippen LogP contribution in [0.1, 0.15) is 22.5 Å². The zero-order valence-electron chi connectivity index (χ0n) is 15.9. The van der Waals surface area contributed by atoms with E-state index in [1.807, 2.05) is 16.3 Å². The van der Waals surface area contributed by atoms with E-state index in [9.17, 15) is 19.7 Å². The molecule has 1 unspecified atom stereocenters. The summed E-state index contributed by atoms with van der Waals surface area (Å²) in [4.78, 5) is 42.6. The van der Waals surface area contributed by atoms with Crippen LogP contribution >= 0.6 is 11.3 Å². The smallest absolute Gasteiger partial charge is 0.269 e. The Hall–Kier alpha value is -2.94. The third-order valence-electron chi connectivity index (χ3n) is 5.55. The second-order valence-electron chi connectivity index (χ2n) is 7.22. The van der Waals surface area contributed by atoms with Crippen LogP contribution in [0.15, 0.2) is 41.8 Å². The minimum absolute atomic E-state index is 0.0238. The summed E-state index contributed by atoms with van der Waals surface area (Å²) in [5, 5.41) is 12.7. The Bertz CT molecular complexity index is 892. The Morgan fingerprint density at radius 2 is 1.76 bits per heavy atom. The number of thiophene rings is 1. The third-order valence-corrected chi connectivity index (χ3v) is 6.41. The zero-order chi connectivity index (χ0) is 20.4. The first-order valence-electron chi connectivity index (χ1n) is 9.67. The van der Waals surface area contributed by atoms with Gasteiger partial charge >= 0.3 is 0 Å². The molecule has 0 N–H and O–H groups in total. The predicted octanol–water partition coefficient (Wildman–Crippen LogP) is 2.61. The van der Waals surface area contributed by atoms with Crippen molar-refractivity contribution < 1.29 is 14.5 Å². The fourth-order valence-electron chi connectivity index (χ4n) is 3.99. The van der Waals surface area contributed by atoms with E-state index in [0.717, 1.165) is 12.1 Å². The SMILES string of the molecule is O=C(C1CCCN1C(=O)c1cccs1)N1CCN(c2ccc([N+](=O)[O-])cc2)CC1. The van der Waals surface area contributed by atoms with Crippen LogP contribution in [0.25, 0.3) is 0 Å².